The molecular weight excluding hydrogens is 266 g/mol. The second-order valence-electron chi connectivity index (χ2n) is 5.47. The van der Waals surface area contributed by atoms with Crippen LogP contribution in [0.15, 0.2) is 23.6 Å². The topological polar surface area (TPSA) is 28.2 Å². The third-order valence-corrected chi connectivity index (χ3v) is 4.62. The highest BCUT2D eigenvalue weighted by Gasteiger charge is 2.13. The number of nitrogens with one attached hydrogen (secondary N) is 1. The molecule has 1 aromatic heterocycles. The molecule has 0 radical (unpaired) electrons. The zero-order chi connectivity index (χ0) is 13.9. The molecule has 0 atom stereocenters. The van der Waals surface area contributed by atoms with E-state index in [1.54, 1.807) is 11.3 Å². The summed E-state index contributed by atoms with van der Waals surface area (Å²) >= 11 is 1.78. The molecule has 1 aliphatic rings. The van der Waals surface area contributed by atoms with E-state index in [-0.39, 0.29) is 0 Å². The molecule has 2 heterocycles. The molecular formula is C16H21N3S. The molecule has 0 amide bonds. The van der Waals surface area contributed by atoms with Crippen LogP contribution in [0.2, 0.25) is 0 Å². The molecule has 0 spiro atoms. The number of hydrogen-bond acceptors (Lipinski definition) is 4. The Morgan fingerprint density at radius 2 is 2.05 bits per heavy atom. The van der Waals surface area contributed by atoms with Gasteiger partial charge >= 0.3 is 0 Å². The van der Waals surface area contributed by atoms with Crippen LogP contribution in [-0.2, 0) is 6.54 Å². The number of nitrogens with zero attached hydrogens (tertiary/aromatic N) is 2. The van der Waals surface area contributed by atoms with Crippen molar-refractivity contribution >= 4 is 11.3 Å². The summed E-state index contributed by atoms with van der Waals surface area (Å²) in [6.45, 7) is 9.71. The van der Waals surface area contributed by atoms with Gasteiger partial charge in [0.25, 0.3) is 0 Å². The lowest BCUT2D eigenvalue weighted by Gasteiger charge is -2.26. The third kappa shape index (κ3) is 3.08. The Kier molecular flexibility index (Phi) is 4.15. The zero-order valence-electron chi connectivity index (χ0n) is 12.1. The molecule has 1 aromatic carbocycles. The van der Waals surface area contributed by atoms with Crippen molar-refractivity contribution in [2.45, 2.75) is 20.4 Å². The van der Waals surface area contributed by atoms with E-state index in [2.05, 4.69) is 47.6 Å². The van der Waals surface area contributed by atoms with Crippen LogP contribution in [0.25, 0.3) is 11.3 Å². The van der Waals surface area contributed by atoms with Crippen molar-refractivity contribution in [1.82, 2.24) is 15.2 Å². The molecule has 1 N–H and O–H groups in total. The van der Waals surface area contributed by atoms with E-state index in [0.29, 0.717) is 0 Å². The maximum atomic E-state index is 4.83. The van der Waals surface area contributed by atoms with Gasteiger partial charge < -0.3 is 5.32 Å². The van der Waals surface area contributed by atoms with Crippen LogP contribution in [0.4, 0.5) is 0 Å². The Labute approximate surface area is 124 Å². The van der Waals surface area contributed by atoms with Gasteiger partial charge in [0.2, 0.25) is 0 Å². The fraction of sp³-hybridized carbons (Fsp3) is 0.438. The second-order valence-corrected chi connectivity index (χ2v) is 6.41. The lowest BCUT2D eigenvalue weighted by Crippen LogP contribution is -2.42. The van der Waals surface area contributed by atoms with Crippen molar-refractivity contribution in [3.63, 3.8) is 0 Å². The van der Waals surface area contributed by atoms with Crippen molar-refractivity contribution in [1.29, 1.82) is 0 Å². The van der Waals surface area contributed by atoms with E-state index in [9.17, 15) is 0 Å². The van der Waals surface area contributed by atoms with E-state index >= 15 is 0 Å². The van der Waals surface area contributed by atoms with E-state index < -0.39 is 0 Å². The molecule has 1 fully saturated rings. The summed E-state index contributed by atoms with van der Waals surface area (Å²) in [6.07, 6.45) is 0. The minimum Gasteiger partial charge on any atom is -0.314 e. The predicted molar refractivity (Wildman–Crippen MR) is 85.2 cm³/mol. The van der Waals surface area contributed by atoms with Crippen molar-refractivity contribution in [3.05, 3.63) is 39.7 Å². The molecule has 1 saturated heterocycles. The number of piperazine rings is 1. The van der Waals surface area contributed by atoms with Crippen LogP contribution in [0, 0.1) is 13.8 Å². The average Bonchev–Trinajstić information content (AvgIpc) is 2.91. The number of aryl methyl sites for hydroxylation is 2. The first kappa shape index (κ1) is 13.7. The summed E-state index contributed by atoms with van der Waals surface area (Å²) in [5.74, 6) is 0. The van der Waals surface area contributed by atoms with Crippen LogP contribution in [0.1, 0.15) is 16.1 Å². The quantitative estimate of drug-likeness (QED) is 0.941. The first-order valence-corrected chi connectivity index (χ1v) is 8.05. The Hall–Kier alpha value is -1.23. The molecule has 0 unspecified atom stereocenters. The molecule has 20 heavy (non-hydrogen) atoms. The Bertz CT molecular complexity index is 585. The van der Waals surface area contributed by atoms with Crippen LogP contribution in [-0.4, -0.2) is 36.1 Å². The van der Waals surface area contributed by atoms with E-state index in [0.717, 1.165) is 38.4 Å². The van der Waals surface area contributed by atoms with Gasteiger partial charge in [0.1, 0.15) is 5.01 Å². The largest absolute Gasteiger partial charge is 0.314 e. The lowest BCUT2D eigenvalue weighted by molar-refractivity contribution is 0.233. The minimum absolute atomic E-state index is 0.983. The lowest BCUT2D eigenvalue weighted by atomic mass is 10.0. The summed E-state index contributed by atoms with van der Waals surface area (Å²) < 4.78 is 0. The molecule has 0 aliphatic carbocycles. The molecule has 106 valence electrons. The fourth-order valence-corrected chi connectivity index (χ4v) is 3.42. The summed E-state index contributed by atoms with van der Waals surface area (Å²) in [5.41, 5.74) is 4.99. The maximum absolute atomic E-state index is 4.83. The Balaban J connectivity index is 1.77. The Morgan fingerprint density at radius 1 is 1.25 bits per heavy atom. The molecule has 0 bridgehead atoms. The first-order chi connectivity index (χ1) is 9.72. The van der Waals surface area contributed by atoms with E-state index in [1.165, 1.54) is 21.7 Å². The molecule has 1 aliphatic heterocycles. The van der Waals surface area contributed by atoms with Crippen LogP contribution >= 0.6 is 11.3 Å². The minimum atomic E-state index is 0.983. The van der Waals surface area contributed by atoms with Crippen molar-refractivity contribution in [3.8, 4) is 11.3 Å². The molecule has 3 rings (SSSR count). The highest BCUT2D eigenvalue weighted by molar-refractivity contribution is 7.09. The SMILES string of the molecule is Cc1ccc(C)c(-c2csc(CN3CCNCC3)n2)c1. The first-order valence-electron chi connectivity index (χ1n) is 7.17. The monoisotopic (exact) mass is 287 g/mol. The molecule has 2 aromatic rings. The van der Waals surface area contributed by atoms with Gasteiger partial charge in [0, 0.05) is 37.1 Å². The second kappa shape index (κ2) is 6.04. The van der Waals surface area contributed by atoms with Crippen LogP contribution in [0.3, 0.4) is 0 Å². The number of rotatable bonds is 3. The maximum Gasteiger partial charge on any atom is 0.107 e. The number of thiazole rings is 1. The average molecular weight is 287 g/mol. The highest BCUT2D eigenvalue weighted by Crippen LogP contribution is 2.26. The third-order valence-electron chi connectivity index (χ3n) is 3.79. The van der Waals surface area contributed by atoms with Gasteiger partial charge in [-0.2, -0.15) is 0 Å². The fourth-order valence-electron chi connectivity index (χ4n) is 2.58. The highest BCUT2D eigenvalue weighted by atomic mass is 32.1. The van der Waals surface area contributed by atoms with E-state index in [1.807, 2.05) is 0 Å². The summed E-state index contributed by atoms with van der Waals surface area (Å²) in [4.78, 5) is 7.31. The molecule has 3 nitrogen and oxygen atoms in total. The Morgan fingerprint density at radius 3 is 2.85 bits per heavy atom. The van der Waals surface area contributed by atoms with Gasteiger partial charge in [-0.05, 0) is 25.5 Å². The van der Waals surface area contributed by atoms with Crippen molar-refractivity contribution in [2.75, 3.05) is 26.2 Å². The van der Waals surface area contributed by atoms with Crippen LogP contribution < -0.4 is 5.32 Å². The zero-order valence-corrected chi connectivity index (χ0v) is 13.0. The predicted octanol–water partition coefficient (Wildman–Crippen LogP) is 2.83. The van der Waals surface area contributed by atoms with Crippen LogP contribution in [0.5, 0.6) is 0 Å². The number of aromatic nitrogens is 1. The van der Waals surface area contributed by atoms with Gasteiger partial charge in [-0.25, -0.2) is 4.98 Å². The number of benzene rings is 1. The molecule has 4 heteroatoms. The van der Waals surface area contributed by atoms with Gasteiger partial charge in [-0.15, -0.1) is 11.3 Å². The summed E-state index contributed by atoms with van der Waals surface area (Å²) in [5, 5.41) is 6.81. The smallest absolute Gasteiger partial charge is 0.107 e. The standard InChI is InChI=1S/C16H21N3S/c1-12-3-4-13(2)14(9-12)15-11-20-16(18-15)10-19-7-5-17-6-8-19/h3-4,9,11,17H,5-8,10H2,1-2H3. The van der Waals surface area contributed by atoms with Gasteiger partial charge in [-0.1, -0.05) is 17.7 Å². The van der Waals surface area contributed by atoms with Gasteiger partial charge in [-0.3, -0.25) is 4.90 Å². The van der Waals surface area contributed by atoms with Crippen molar-refractivity contribution < 1.29 is 0 Å². The van der Waals surface area contributed by atoms with Gasteiger partial charge in [0.15, 0.2) is 0 Å². The summed E-state index contributed by atoms with van der Waals surface area (Å²) in [6, 6.07) is 6.58. The molecule has 0 saturated carbocycles. The van der Waals surface area contributed by atoms with E-state index in [4.69, 9.17) is 4.98 Å². The van der Waals surface area contributed by atoms with Crippen molar-refractivity contribution in [2.24, 2.45) is 0 Å². The van der Waals surface area contributed by atoms with Gasteiger partial charge in [0.05, 0.1) is 12.2 Å². The summed E-state index contributed by atoms with van der Waals surface area (Å²) in [7, 11) is 0. The normalized spacial score (nSPS) is 16.5. The number of hydrogen-bond donors (Lipinski definition) is 1.